The molecule has 6 heteroatoms. The lowest BCUT2D eigenvalue weighted by atomic mass is 9.97. The summed E-state index contributed by atoms with van der Waals surface area (Å²) in [6.45, 7) is 12.3. The van der Waals surface area contributed by atoms with Crippen LogP contribution in [0.5, 0.6) is 0 Å². The molecule has 0 saturated carbocycles. The molecule has 0 bridgehead atoms. The molecule has 5 nitrogen and oxygen atoms in total. The fraction of sp³-hybridized carbons (Fsp3) is 0.579. The number of thiocarbonyl (C=S) groups is 1. The van der Waals surface area contributed by atoms with Gasteiger partial charge in [0.2, 0.25) is 0 Å². The Labute approximate surface area is 156 Å². The van der Waals surface area contributed by atoms with E-state index in [1.165, 1.54) is 11.1 Å². The second-order valence-corrected chi connectivity index (χ2v) is 8.13. The number of esters is 1. The molecule has 1 fully saturated rings. The molecule has 2 rings (SSSR count). The Bertz CT molecular complexity index is 655. The normalized spacial score (nSPS) is 16.3. The van der Waals surface area contributed by atoms with E-state index in [1.807, 2.05) is 32.7 Å². The number of hydrogen-bond donors (Lipinski definition) is 0. The number of hydrogen-bond acceptors (Lipinski definition) is 4. The summed E-state index contributed by atoms with van der Waals surface area (Å²) in [5.41, 5.74) is 3.10. The molecule has 25 heavy (non-hydrogen) atoms. The minimum Gasteiger partial charge on any atom is -0.464 e. The van der Waals surface area contributed by atoms with Crippen molar-refractivity contribution in [3.63, 3.8) is 0 Å². The highest BCUT2D eigenvalue weighted by Gasteiger charge is 2.28. The summed E-state index contributed by atoms with van der Waals surface area (Å²) in [6.07, 6.45) is 0. The fourth-order valence-electron chi connectivity index (χ4n) is 2.78. The summed E-state index contributed by atoms with van der Waals surface area (Å²) in [4.78, 5) is 18.3. The Morgan fingerprint density at radius 3 is 2.52 bits per heavy atom. The van der Waals surface area contributed by atoms with Crippen molar-refractivity contribution in [2.45, 2.75) is 34.6 Å². The van der Waals surface area contributed by atoms with Gasteiger partial charge in [-0.05, 0) is 58.5 Å². The highest BCUT2D eigenvalue weighted by atomic mass is 32.1. The molecule has 1 heterocycles. The first-order valence-electron chi connectivity index (χ1n) is 8.59. The Morgan fingerprint density at radius 2 is 1.92 bits per heavy atom. The first kappa shape index (κ1) is 19.7. The molecule has 0 N–H and O–H groups in total. The third-order valence-electron chi connectivity index (χ3n) is 4.21. The Morgan fingerprint density at radius 1 is 1.24 bits per heavy atom. The van der Waals surface area contributed by atoms with Crippen LogP contribution in [0.25, 0.3) is 0 Å². The van der Waals surface area contributed by atoms with Crippen LogP contribution in [-0.2, 0) is 9.53 Å². The molecule has 1 aromatic carbocycles. The van der Waals surface area contributed by atoms with E-state index < -0.39 is 5.41 Å². The van der Waals surface area contributed by atoms with E-state index >= 15 is 0 Å². The Hall–Kier alpha value is -1.66. The van der Waals surface area contributed by atoms with Crippen LogP contribution < -0.4 is 4.90 Å². The van der Waals surface area contributed by atoms with Crippen molar-refractivity contribution in [1.82, 2.24) is 9.80 Å². The summed E-state index contributed by atoms with van der Waals surface area (Å²) in [5.74, 6) is -0.167. The quantitative estimate of drug-likeness (QED) is 0.604. The lowest BCUT2D eigenvalue weighted by Crippen LogP contribution is -2.57. The first-order valence-corrected chi connectivity index (χ1v) is 9.00. The number of benzene rings is 1. The van der Waals surface area contributed by atoms with Crippen LogP contribution in [0.15, 0.2) is 18.2 Å². The van der Waals surface area contributed by atoms with Crippen molar-refractivity contribution in [3.05, 3.63) is 29.3 Å². The third kappa shape index (κ3) is 4.92. The number of anilines is 1. The summed E-state index contributed by atoms with van der Waals surface area (Å²) in [7, 11) is 1.99. The molecule has 1 aromatic rings. The molecule has 0 radical (unpaired) electrons. The highest BCUT2D eigenvalue weighted by molar-refractivity contribution is 7.80. The third-order valence-corrected chi connectivity index (χ3v) is 4.74. The molecule has 0 spiro atoms. The first-order chi connectivity index (χ1) is 11.6. The van der Waals surface area contributed by atoms with Crippen LogP contribution >= 0.6 is 12.2 Å². The van der Waals surface area contributed by atoms with Crippen LogP contribution in [0, 0.1) is 19.3 Å². The molecular weight excluding hydrogens is 334 g/mol. The van der Waals surface area contributed by atoms with Gasteiger partial charge in [-0.2, -0.15) is 0 Å². The fourth-order valence-corrected chi connectivity index (χ4v) is 3.00. The maximum absolute atomic E-state index is 11.9. The number of carbonyl (C=O) groups excluding carboxylic acids is 1. The Kier molecular flexibility index (Phi) is 6.06. The van der Waals surface area contributed by atoms with Gasteiger partial charge >= 0.3 is 5.97 Å². The van der Waals surface area contributed by atoms with Gasteiger partial charge in [0.15, 0.2) is 5.11 Å². The van der Waals surface area contributed by atoms with Gasteiger partial charge in [0.1, 0.15) is 6.61 Å². The van der Waals surface area contributed by atoms with Gasteiger partial charge in [-0.15, -0.1) is 0 Å². The van der Waals surface area contributed by atoms with Crippen LogP contribution in [0.4, 0.5) is 5.69 Å². The molecule has 0 aliphatic carbocycles. The van der Waals surface area contributed by atoms with Crippen molar-refractivity contribution in [2.24, 2.45) is 5.41 Å². The molecule has 0 atom stereocenters. The zero-order valence-electron chi connectivity index (χ0n) is 16.1. The topological polar surface area (TPSA) is 36.0 Å². The molecule has 1 aliphatic rings. The van der Waals surface area contributed by atoms with Gasteiger partial charge in [0.25, 0.3) is 0 Å². The number of nitrogens with zero attached hydrogens (tertiary/aromatic N) is 3. The smallest absolute Gasteiger partial charge is 0.311 e. The molecule has 0 aromatic heterocycles. The molecule has 0 amide bonds. The van der Waals surface area contributed by atoms with E-state index in [-0.39, 0.29) is 5.97 Å². The van der Waals surface area contributed by atoms with Gasteiger partial charge in [-0.25, -0.2) is 0 Å². The van der Waals surface area contributed by atoms with E-state index in [0.29, 0.717) is 19.8 Å². The van der Waals surface area contributed by atoms with E-state index in [1.54, 1.807) is 0 Å². The van der Waals surface area contributed by atoms with Crippen molar-refractivity contribution in [3.8, 4) is 0 Å². The predicted octanol–water partition coefficient (Wildman–Crippen LogP) is 3.15. The van der Waals surface area contributed by atoms with Crippen LogP contribution in [0.1, 0.15) is 31.9 Å². The molecule has 138 valence electrons. The maximum atomic E-state index is 11.9. The lowest BCUT2D eigenvalue weighted by molar-refractivity contribution is -0.153. The van der Waals surface area contributed by atoms with E-state index in [9.17, 15) is 4.79 Å². The number of carbonyl (C=O) groups is 1. The van der Waals surface area contributed by atoms with Crippen molar-refractivity contribution >= 4 is 29.0 Å². The van der Waals surface area contributed by atoms with Crippen molar-refractivity contribution < 1.29 is 9.53 Å². The summed E-state index contributed by atoms with van der Waals surface area (Å²) in [6, 6.07) is 6.39. The average Bonchev–Trinajstić information content (AvgIpc) is 2.50. The predicted molar refractivity (Wildman–Crippen MR) is 106 cm³/mol. The second-order valence-electron chi connectivity index (χ2n) is 7.76. The van der Waals surface area contributed by atoms with Gasteiger partial charge in [0.05, 0.1) is 18.8 Å². The van der Waals surface area contributed by atoms with E-state index in [0.717, 1.165) is 17.5 Å². The SMILES string of the molecule is Cc1ccc(N2CN(CCOC(=O)C(C)(C)C)CN(C)C2=S)c(C)c1. The molecular formula is C19H29N3O2S. The summed E-state index contributed by atoms with van der Waals surface area (Å²) >= 11 is 5.62. The number of aryl methyl sites for hydroxylation is 2. The van der Waals surface area contributed by atoms with Crippen molar-refractivity contribution in [2.75, 3.05) is 38.4 Å². The second kappa shape index (κ2) is 7.70. The largest absolute Gasteiger partial charge is 0.464 e. The molecule has 1 saturated heterocycles. The minimum absolute atomic E-state index is 0.167. The molecule has 0 unspecified atom stereocenters. The zero-order valence-corrected chi connectivity index (χ0v) is 16.9. The Balaban J connectivity index is 2.03. The lowest BCUT2D eigenvalue weighted by Gasteiger charge is -2.43. The monoisotopic (exact) mass is 363 g/mol. The van der Waals surface area contributed by atoms with E-state index in [4.69, 9.17) is 17.0 Å². The summed E-state index contributed by atoms with van der Waals surface area (Å²) in [5, 5.41) is 0.815. The van der Waals surface area contributed by atoms with Crippen LogP contribution in [0.3, 0.4) is 0 Å². The minimum atomic E-state index is -0.467. The van der Waals surface area contributed by atoms with Crippen molar-refractivity contribution in [1.29, 1.82) is 0 Å². The van der Waals surface area contributed by atoms with Crippen LogP contribution in [0.2, 0.25) is 0 Å². The average molecular weight is 364 g/mol. The van der Waals surface area contributed by atoms with E-state index in [2.05, 4.69) is 41.8 Å². The summed E-state index contributed by atoms with van der Waals surface area (Å²) < 4.78 is 5.40. The van der Waals surface area contributed by atoms with Gasteiger partial charge < -0.3 is 14.5 Å². The highest BCUT2D eigenvalue weighted by Crippen LogP contribution is 2.25. The van der Waals surface area contributed by atoms with Gasteiger partial charge in [-0.1, -0.05) is 17.7 Å². The molecule has 1 aliphatic heterocycles. The standard InChI is InChI=1S/C19H29N3O2S/c1-14-7-8-16(15(2)11-14)22-13-21(12-20(6)18(22)25)9-10-24-17(23)19(3,4)5/h7-8,11H,9-10,12-13H2,1-6H3. The number of ether oxygens (including phenoxy) is 1. The van der Waals surface area contributed by atoms with Crippen LogP contribution in [-0.4, -0.2) is 54.4 Å². The zero-order chi connectivity index (χ0) is 18.8. The van der Waals surface area contributed by atoms with Gasteiger partial charge in [0, 0.05) is 19.3 Å². The number of rotatable bonds is 4. The van der Waals surface area contributed by atoms with Gasteiger partial charge in [-0.3, -0.25) is 9.69 Å². The maximum Gasteiger partial charge on any atom is 0.311 e.